The smallest absolute Gasteiger partial charge is 0.0461 e. The molecule has 34 heavy (non-hydrogen) atoms. The Hall–Kier alpha value is -3.32. The average molecular weight is 446 g/mol. The monoisotopic (exact) mass is 445 g/mol. The maximum Gasteiger partial charge on any atom is 0.0461 e. The molecule has 1 heteroatoms. The number of aryl methyl sites for hydroxylation is 2. The summed E-state index contributed by atoms with van der Waals surface area (Å²) < 4.78 is 0. The largest absolute Gasteiger partial charge is 0.311 e. The van der Waals surface area contributed by atoms with Gasteiger partial charge in [-0.05, 0) is 103 Å². The topological polar surface area (TPSA) is 3.24 Å². The van der Waals surface area contributed by atoms with E-state index in [-0.39, 0.29) is 0 Å². The molecule has 0 bridgehead atoms. The summed E-state index contributed by atoms with van der Waals surface area (Å²) in [6.07, 6.45) is 6.22. The van der Waals surface area contributed by atoms with Gasteiger partial charge >= 0.3 is 0 Å². The molecule has 0 spiro atoms. The van der Waals surface area contributed by atoms with E-state index in [1.165, 1.54) is 54.7 Å². The molecule has 0 amide bonds. The maximum absolute atomic E-state index is 2.48. The van der Waals surface area contributed by atoms with Gasteiger partial charge in [-0.3, -0.25) is 0 Å². The van der Waals surface area contributed by atoms with Gasteiger partial charge in [0.15, 0.2) is 0 Å². The van der Waals surface area contributed by atoms with Gasteiger partial charge in [0.05, 0.1) is 0 Å². The van der Waals surface area contributed by atoms with Crippen molar-refractivity contribution in [3.05, 3.63) is 125 Å². The molecule has 1 aliphatic rings. The van der Waals surface area contributed by atoms with Crippen molar-refractivity contribution in [2.24, 2.45) is 0 Å². The van der Waals surface area contributed by atoms with Crippen LogP contribution in [-0.2, 0) is 12.8 Å². The summed E-state index contributed by atoms with van der Waals surface area (Å²) in [4.78, 5) is 2.33. The van der Waals surface area contributed by atoms with Gasteiger partial charge in [0.2, 0.25) is 0 Å². The summed E-state index contributed by atoms with van der Waals surface area (Å²) in [5, 5.41) is 0. The molecule has 4 aromatic carbocycles. The molecule has 0 aliphatic heterocycles. The summed E-state index contributed by atoms with van der Waals surface area (Å²) in [6.45, 7) is 4.72. The van der Waals surface area contributed by atoms with Crippen LogP contribution in [0.2, 0.25) is 0 Å². The fourth-order valence-corrected chi connectivity index (χ4v) is 5.25. The molecule has 0 radical (unpaired) electrons. The second-order valence-electron chi connectivity index (χ2n) is 9.71. The van der Waals surface area contributed by atoms with Crippen molar-refractivity contribution >= 4 is 17.1 Å². The highest BCUT2D eigenvalue weighted by Gasteiger charge is 2.18. The zero-order valence-corrected chi connectivity index (χ0v) is 20.5. The van der Waals surface area contributed by atoms with E-state index in [2.05, 4.69) is 122 Å². The molecule has 0 heterocycles. The van der Waals surface area contributed by atoms with Crippen LogP contribution in [0.3, 0.4) is 0 Å². The van der Waals surface area contributed by atoms with Crippen LogP contribution in [0.15, 0.2) is 103 Å². The Morgan fingerprint density at radius 2 is 1.18 bits per heavy atom. The van der Waals surface area contributed by atoms with Crippen LogP contribution >= 0.6 is 0 Å². The van der Waals surface area contributed by atoms with Crippen molar-refractivity contribution < 1.29 is 0 Å². The van der Waals surface area contributed by atoms with Crippen LogP contribution in [0, 0.1) is 0 Å². The summed E-state index contributed by atoms with van der Waals surface area (Å²) in [7, 11) is 0. The molecular weight excluding hydrogens is 410 g/mol. The lowest BCUT2D eigenvalue weighted by Crippen LogP contribution is -2.10. The number of hydrogen-bond donors (Lipinski definition) is 0. The van der Waals surface area contributed by atoms with E-state index < -0.39 is 0 Å². The lowest BCUT2D eigenvalue weighted by molar-refractivity contribution is 0.534. The highest BCUT2D eigenvalue weighted by atomic mass is 15.1. The van der Waals surface area contributed by atoms with Crippen LogP contribution in [0.1, 0.15) is 67.2 Å². The van der Waals surface area contributed by atoms with Crippen LogP contribution in [0.4, 0.5) is 17.1 Å². The van der Waals surface area contributed by atoms with E-state index in [0.29, 0.717) is 11.8 Å². The lowest BCUT2D eigenvalue weighted by Gasteiger charge is -2.26. The highest BCUT2D eigenvalue weighted by molar-refractivity contribution is 5.76. The van der Waals surface area contributed by atoms with Gasteiger partial charge in [0.25, 0.3) is 0 Å². The molecule has 1 nitrogen and oxygen atoms in total. The first kappa shape index (κ1) is 22.5. The minimum atomic E-state index is 0.552. The minimum absolute atomic E-state index is 0.552. The van der Waals surface area contributed by atoms with Crippen molar-refractivity contribution in [3.8, 4) is 0 Å². The molecule has 0 saturated carbocycles. The van der Waals surface area contributed by atoms with Crippen molar-refractivity contribution in [1.29, 1.82) is 0 Å². The second kappa shape index (κ2) is 10.3. The Morgan fingerprint density at radius 1 is 0.618 bits per heavy atom. The predicted molar refractivity (Wildman–Crippen MR) is 146 cm³/mol. The molecule has 5 rings (SSSR count). The molecule has 4 aromatic rings. The van der Waals surface area contributed by atoms with Gasteiger partial charge in [0.1, 0.15) is 0 Å². The van der Waals surface area contributed by atoms with Crippen LogP contribution < -0.4 is 4.90 Å². The van der Waals surface area contributed by atoms with Gasteiger partial charge < -0.3 is 4.90 Å². The first-order valence-corrected chi connectivity index (χ1v) is 12.8. The lowest BCUT2D eigenvalue weighted by atomic mass is 9.82. The molecule has 172 valence electrons. The number of rotatable bonds is 9. The van der Waals surface area contributed by atoms with Crippen molar-refractivity contribution in [2.75, 3.05) is 4.90 Å². The SMILES string of the molecule is CCC(CCC(C)c1ccc(N(c2ccccc2)c2ccccc2)cc1)c1ccc2c(c1)CC2. The van der Waals surface area contributed by atoms with E-state index in [1.54, 1.807) is 16.7 Å². The Balaban J connectivity index is 1.30. The maximum atomic E-state index is 2.48. The van der Waals surface area contributed by atoms with Gasteiger partial charge in [-0.15, -0.1) is 0 Å². The van der Waals surface area contributed by atoms with Gasteiger partial charge in [0, 0.05) is 17.1 Å². The number of para-hydroxylation sites is 2. The normalized spacial score (nSPS) is 14.1. The second-order valence-corrected chi connectivity index (χ2v) is 9.71. The predicted octanol–water partition coefficient (Wildman–Crippen LogP) is 9.33. The van der Waals surface area contributed by atoms with Crippen molar-refractivity contribution in [3.63, 3.8) is 0 Å². The zero-order valence-electron chi connectivity index (χ0n) is 20.5. The third kappa shape index (κ3) is 4.80. The quantitative estimate of drug-likeness (QED) is 0.248. The minimum Gasteiger partial charge on any atom is -0.311 e. The van der Waals surface area contributed by atoms with Crippen molar-refractivity contribution in [1.82, 2.24) is 0 Å². The van der Waals surface area contributed by atoms with E-state index >= 15 is 0 Å². The van der Waals surface area contributed by atoms with Gasteiger partial charge in [-0.2, -0.15) is 0 Å². The zero-order chi connectivity index (χ0) is 23.3. The standard InChI is InChI=1S/C33H35N/c1-3-26(29-18-16-28-17-19-30(28)24-29)15-14-25(2)27-20-22-33(23-21-27)34(31-10-6-4-7-11-31)32-12-8-5-9-13-32/h4-13,16,18,20-26H,3,14-15,17,19H2,1-2H3. The molecule has 2 unspecified atom stereocenters. The fourth-order valence-electron chi connectivity index (χ4n) is 5.25. The van der Waals surface area contributed by atoms with E-state index in [4.69, 9.17) is 0 Å². The Bertz CT molecular complexity index is 1160. The Kier molecular flexibility index (Phi) is 6.81. The molecular formula is C33H35N. The van der Waals surface area contributed by atoms with E-state index in [9.17, 15) is 0 Å². The number of nitrogens with zero attached hydrogens (tertiary/aromatic N) is 1. The first-order valence-electron chi connectivity index (χ1n) is 12.8. The highest BCUT2D eigenvalue weighted by Crippen LogP contribution is 2.36. The number of fused-ring (bicyclic) bond motifs is 1. The molecule has 0 fully saturated rings. The summed E-state index contributed by atoms with van der Waals surface area (Å²) in [5.74, 6) is 1.22. The van der Waals surface area contributed by atoms with E-state index in [1.807, 2.05) is 0 Å². The molecule has 2 atom stereocenters. The summed E-state index contributed by atoms with van der Waals surface area (Å²) in [6, 6.07) is 37.7. The Labute approximate surface area is 205 Å². The number of anilines is 3. The fraction of sp³-hybridized carbons (Fsp3) is 0.273. The molecule has 0 N–H and O–H groups in total. The van der Waals surface area contributed by atoms with Crippen molar-refractivity contribution in [2.45, 2.75) is 57.8 Å². The van der Waals surface area contributed by atoms with Crippen LogP contribution in [0.5, 0.6) is 0 Å². The van der Waals surface area contributed by atoms with Gasteiger partial charge in [-0.25, -0.2) is 0 Å². The van der Waals surface area contributed by atoms with Gasteiger partial charge in [-0.1, -0.05) is 80.6 Å². The third-order valence-electron chi connectivity index (χ3n) is 7.56. The van der Waals surface area contributed by atoms with Crippen LogP contribution in [-0.4, -0.2) is 0 Å². The third-order valence-corrected chi connectivity index (χ3v) is 7.56. The van der Waals surface area contributed by atoms with Crippen LogP contribution in [0.25, 0.3) is 0 Å². The molecule has 0 saturated heterocycles. The number of benzene rings is 4. The summed E-state index contributed by atoms with van der Waals surface area (Å²) in [5.41, 5.74) is 9.68. The first-order chi connectivity index (χ1) is 16.7. The molecule has 0 aromatic heterocycles. The average Bonchev–Trinajstić information content (AvgIpc) is 2.87. The number of hydrogen-bond acceptors (Lipinski definition) is 1. The Morgan fingerprint density at radius 3 is 1.71 bits per heavy atom. The van der Waals surface area contributed by atoms with E-state index in [0.717, 1.165) is 0 Å². The summed E-state index contributed by atoms with van der Waals surface area (Å²) >= 11 is 0. The molecule has 1 aliphatic carbocycles.